The van der Waals surface area contributed by atoms with E-state index in [1.165, 1.54) is 14.2 Å². The van der Waals surface area contributed by atoms with Crippen molar-refractivity contribution < 1.29 is 23.8 Å². The molecule has 0 aliphatic carbocycles. The molecule has 3 aromatic rings. The number of ether oxygens (including phenoxy) is 3. The van der Waals surface area contributed by atoms with Crippen LogP contribution in [0.5, 0.6) is 11.5 Å². The zero-order valence-corrected chi connectivity index (χ0v) is 15.5. The van der Waals surface area contributed by atoms with Gasteiger partial charge in [-0.3, -0.25) is 4.79 Å². The van der Waals surface area contributed by atoms with E-state index in [9.17, 15) is 9.59 Å². The van der Waals surface area contributed by atoms with Crippen LogP contribution in [0.15, 0.2) is 67.0 Å². The molecule has 7 heteroatoms. The van der Waals surface area contributed by atoms with E-state index in [2.05, 4.69) is 5.32 Å². The number of benzene rings is 2. The Bertz CT molecular complexity index is 944. The summed E-state index contributed by atoms with van der Waals surface area (Å²) in [6.45, 7) is -0.411. The molecule has 0 aliphatic rings. The van der Waals surface area contributed by atoms with Crippen LogP contribution in [0.3, 0.4) is 0 Å². The molecule has 2 aromatic carbocycles. The maximum absolute atomic E-state index is 12.3. The second kappa shape index (κ2) is 8.77. The molecule has 1 N–H and O–H groups in total. The molecule has 0 spiro atoms. The van der Waals surface area contributed by atoms with Crippen molar-refractivity contribution >= 4 is 17.6 Å². The van der Waals surface area contributed by atoms with Crippen molar-refractivity contribution in [2.75, 3.05) is 26.1 Å². The van der Waals surface area contributed by atoms with Gasteiger partial charge in [-0.15, -0.1) is 0 Å². The van der Waals surface area contributed by atoms with Gasteiger partial charge in [0.15, 0.2) is 6.61 Å². The number of methoxy groups -OCH3 is 2. The number of anilines is 1. The van der Waals surface area contributed by atoms with E-state index < -0.39 is 18.5 Å². The largest absolute Gasteiger partial charge is 0.497 e. The van der Waals surface area contributed by atoms with Crippen molar-refractivity contribution in [3.05, 3.63) is 72.6 Å². The molecule has 0 aliphatic heterocycles. The van der Waals surface area contributed by atoms with E-state index in [1.807, 2.05) is 35.2 Å². The van der Waals surface area contributed by atoms with Crippen molar-refractivity contribution in [3.63, 3.8) is 0 Å². The number of nitrogens with zero attached hydrogens (tertiary/aromatic N) is 1. The average molecular weight is 380 g/mol. The Hall–Kier alpha value is -3.74. The van der Waals surface area contributed by atoms with Gasteiger partial charge in [-0.25, -0.2) is 4.79 Å². The van der Waals surface area contributed by atoms with Crippen molar-refractivity contribution in [1.29, 1.82) is 0 Å². The summed E-state index contributed by atoms with van der Waals surface area (Å²) in [7, 11) is 3.04. The van der Waals surface area contributed by atoms with E-state index in [1.54, 1.807) is 36.4 Å². The maximum Gasteiger partial charge on any atom is 0.338 e. The van der Waals surface area contributed by atoms with Crippen LogP contribution in [-0.4, -0.2) is 37.3 Å². The molecule has 28 heavy (non-hydrogen) atoms. The molecule has 144 valence electrons. The number of carbonyl (C=O) groups excluding carboxylic acids is 2. The number of hydrogen-bond acceptors (Lipinski definition) is 5. The van der Waals surface area contributed by atoms with Crippen LogP contribution in [0.2, 0.25) is 0 Å². The number of esters is 1. The molecule has 0 saturated heterocycles. The molecular formula is C21H20N2O5. The Kier molecular flexibility index (Phi) is 5.96. The van der Waals surface area contributed by atoms with Crippen molar-refractivity contribution in [1.82, 2.24) is 4.57 Å². The van der Waals surface area contributed by atoms with Gasteiger partial charge in [0, 0.05) is 42.0 Å². The minimum atomic E-state index is -0.577. The average Bonchev–Trinajstić information content (AvgIpc) is 3.26. The number of aromatic nitrogens is 1. The molecule has 0 bridgehead atoms. The normalized spacial score (nSPS) is 10.2. The van der Waals surface area contributed by atoms with Gasteiger partial charge in [-0.1, -0.05) is 6.07 Å². The third kappa shape index (κ3) is 4.70. The number of nitrogens with one attached hydrogen (secondary N) is 1. The molecule has 1 aromatic heterocycles. The minimum Gasteiger partial charge on any atom is -0.497 e. The molecule has 0 fully saturated rings. The predicted molar refractivity (Wildman–Crippen MR) is 104 cm³/mol. The Morgan fingerprint density at radius 3 is 2.25 bits per heavy atom. The molecule has 0 unspecified atom stereocenters. The van der Waals surface area contributed by atoms with Crippen molar-refractivity contribution in [3.8, 4) is 17.2 Å². The summed E-state index contributed by atoms with van der Waals surface area (Å²) in [5.41, 5.74) is 1.67. The maximum atomic E-state index is 12.3. The van der Waals surface area contributed by atoms with Gasteiger partial charge in [0.2, 0.25) is 0 Å². The molecule has 1 amide bonds. The Balaban J connectivity index is 1.60. The SMILES string of the molecule is COc1cc(NC(=O)COC(=O)c2cccc(-n3cccc3)c2)cc(OC)c1. The predicted octanol–water partition coefficient (Wildman–Crippen LogP) is 3.29. The van der Waals surface area contributed by atoms with Crippen LogP contribution < -0.4 is 14.8 Å². The van der Waals surface area contributed by atoms with E-state index in [4.69, 9.17) is 14.2 Å². The number of hydrogen-bond donors (Lipinski definition) is 1. The summed E-state index contributed by atoms with van der Waals surface area (Å²) in [6.07, 6.45) is 3.75. The highest BCUT2D eigenvalue weighted by molar-refractivity contribution is 5.96. The van der Waals surface area contributed by atoms with Crippen LogP contribution in [0.4, 0.5) is 5.69 Å². The third-order valence-electron chi connectivity index (χ3n) is 3.95. The first-order chi connectivity index (χ1) is 13.6. The van der Waals surface area contributed by atoms with Crippen LogP contribution in [0.1, 0.15) is 10.4 Å². The first-order valence-electron chi connectivity index (χ1n) is 8.52. The lowest BCUT2D eigenvalue weighted by molar-refractivity contribution is -0.119. The molecule has 0 radical (unpaired) electrons. The topological polar surface area (TPSA) is 78.8 Å². The summed E-state index contributed by atoms with van der Waals surface area (Å²) in [4.78, 5) is 24.4. The van der Waals surface area contributed by atoms with Gasteiger partial charge >= 0.3 is 5.97 Å². The Labute approximate surface area is 162 Å². The van der Waals surface area contributed by atoms with Gasteiger partial charge in [-0.05, 0) is 30.3 Å². The lowest BCUT2D eigenvalue weighted by atomic mass is 10.2. The van der Waals surface area contributed by atoms with E-state index in [-0.39, 0.29) is 0 Å². The van der Waals surface area contributed by atoms with Crippen LogP contribution >= 0.6 is 0 Å². The van der Waals surface area contributed by atoms with Gasteiger partial charge in [0.1, 0.15) is 11.5 Å². The zero-order chi connectivity index (χ0) is 19.9. The summed E-state index contributed by atoms with van der Waals surface area (Å²) in [6, 6.07) is 15.7. The minimum absolute atomic E-state index is 0.363. The standard InChI is InChI=1S/C21H20N2O5/c1-26-18-11-16(12-19(13-18)27-2)22-20(24)14-28-21(25)15-6-5-7-17(10-15)23-8-3-4-9-23/h3-13H,14H2,1-2H3,(H,22,24). The van der Waals surface area contributed by atoms with Crippen molar-refractivity contribution in [2.45, 2.75) is 0 Å². The summed E-state index contributed by atoms with van der Waals surface area (Å²) in [5.74, 6) is 0.0274. The molecule has 3 rings (SSSR count). The summed E-state index contributed by atoms with van der Waals surface area (Å²) in [5, 5.41) is 2.65. The number of rotatable bonds is 7. The van der Waals surface area contributed by atoms with Crippen LogP contribution in [0, 0.1) is 0 Å². The summed E-state index contributed by atoms with van der Waals surface area (Å²) < 4.78 is 17.3. The fourth-order valence-electron chi connectivity index (χ4n) is 2.59. The zero-order valence-electron chi connectivity index (χ0n) is 15.5. The van der Waals surface area contributed by atoms with Gasteiger partial charge in [0.05, 0.1) is 19.8 Å². The lowest BCUT2D eigenvalue weighted by Crippen LogP contribution is -2.21. The van der Waals surface area contributed by atoms with Crippen LogP contribution in [-0.2, 0) is 9.53 Å². The van der Waals surface area contributed by atoms with Crippen molar-refractivity contribution in [2.24, 2.45) is 0 Å². The van der Waals surface area contributed by atoms with E-state index >= 15 is 0 Å². The lowest BCUT2D eigenvalue weighted by Gasteiger charge is -2.10. The number of amides is 1. The molecule has 7 nitrogen and oxygen atoms in total. The Morgan fingerprint density at radius 1 is 0.929 bits per heavy atom. The highest BCUT2D eigenvalue weighted by Crippen LogP contribution is 2.25. The smallest absolute Gasteiger partial charge is 0.338 e. The molecule has 0 saturated carbocycles. The highest BCUT2D eigenvalue weighted by Gasteiger charge is 2.12. The van der Waals surface area contributed by atoms with Crippen LogP contribution in [0.25, 0.3) is 5.69 Å². The van der Waals surface area contributed by atoms with Gasteiger partial charge in [-0.2, -0.15) is 0 Å². The second-order valence-electron chi connectivity index (χ2n) is 5.87. The first-order valence-corrected chi connectivity index (χ1v) is 8.52. The fourth-order valence-corrected chi connectivity index (χ4v) is 2.59. The second-order valence-corrected chi connectivity index (χ2v) is 5.87. The molecule has 0 atom stereocenters. The van der Waals surface area contributed by atoms with Gasteiger partial charge in [0.25, 0.3) is 5.91 Å². The number of carbonyl (C=O) groups is 2. The highest BCUT2D eigenvalue weighted by atomic mass is 16.5. The third-order valence-corrected chi connectivity index (χ3v) is 3.95. The molecule has 1 heterocycles. The first kappa shape index (κ1) is 19.0. The summed E-state index contributed by atoms with van der Waals surface area (Å²) >= 11 is 0. The quantitative estimate of drug-likeness (QED) is 0.637. The van der Waals surface area contributed by atoms with E-state index in [0.29, 0.717) is 22.7 Å². The van der Waals surface area contributed by atoms with E-state index in [0.717, 1.165) is 5.69 Å². The Morgan fingerprint density at radius 2 is 1.61 bits per heavy atom. The van der Waals surface area contributed by atoms with Gasteiger partial charge < -0.3 is 24.1 Å². The monoisotopic (exact) mass is 380 g/mol. The molecular weight excluding hydrogens is 360 g/mol. The fraction of sp³-hybridized carbons (Fsp3) is 0.143.